The quantitative estimate of drug-likeness (QED) is 0.307. The number of nitrogens with zero attached hydrogens (tertiary/aromatic N) is 4. The van der Waals surface area contributed by atoms with Crippen LogP contribution in [0.2, 0.25) is 0 Å². The van der Waals surface area contributed by atoms with E-state index in [0.717, 1.165) is 52.4 Å². The van der Waals surface area contributed by atoms with Crippen LogP contribution < -0.4 is 9.47 Å². The number of methoxy groups -OCH3 is 1. The predicted molar refractivity (Wildman–Crippen MR) is 159 cm³/mol. The standard InChI is InChI=1S/C24H26N4O3.C7H8O3S/c1-3-31-22-11-17-18-10-16(29)5-6-20(18)27-24(19(17)12-21(22)30-2)15-4-7-23(26-13-15)28-9-8-25-14-28;1-6-2-4-7(5-3-6)11(8,9)10/h4,7-9,11-14,16,18,20,29H,3,5-6,10H2,1-2H3;2-5H,1H3,(H,8,9,10)/t16-,18-,20-;/m1./s1. The van der Waals surface area contributed by atoms with Crippen molar-refractivity contribution in [3.63, 3.8) is 0 Å². The zero-order valence-electron chi connectivity index (χ0n) is 23.7. The number of ether oxygens (including phenoxy) is 2. The zero-order valence-corrected chi connectivity index (χ0v) is 24.5. The molecule has 1 aliphatic heterocycles. The molecule has 0 saturated heterocycles. The van der Waals surface area contributed by atoms with Crippen molar-refractivity contribution in [2.24, 2.45) is 4.99 Å². The molecule has 10 nitrogen and oxygen atoms in total. The molecule has 2 aromatic carbocycles. The van der Waals surface area contributed by atoms with Gasteiger partial charge in [0.15, 0.2) is 11.5 Å². The highest BCUT2D eigenvalue weighted by Gasteiger charge is 2.37. The van der Waals surface area contributed by atoms with Gasteiger partial charge < -0.3 is 14.6 Å². The fraction of sp³-hybridized carbons (Fsp3) is 0.323. The summed E-state index contributed by atoms with van der Waals surface area (Å²) in [7, 11) is -2.37. The molecule has 1 fully saturated rings. The topological polar surface area (TPSA) is 136 Å². The average Bonchev–Trinajstić information content (AvgIpc) is 3.52. The van der Waals surface area contributed by atoms with Crippen LogP contribution in [0.4, 0.5) is 0 Å². The van der Waals surface area contributed by atoms with Crippen molar-refractivity contribution in [3.05, 3.63) is 95.7 Å². The molecule has 0 spiro atoms. The van der Waals surface area contributed by atoms with E-state index in [1.165, 1.54) is 12.1 Å². The minimum Gasteiger partial charge on any atom is -0.493 e. The van der Waals surface area contributed by atoms with Crippen molar-refractivity contribution < 1.29 is 27.6 Å². The molecule has 2 aromatic heterocycles. The third-order valence-corrected chi connectivity index (χ3v) is 8.35. The van der Waals surface area contributed by atoms with E-state index in [1.54, 1.807) is 31.8 Å². The van der Waals surface area contributed by atoms with Crippen LogP contribution in [0.15, 0.2) is 83.3 Å². The first-order valence-corrected chi connectivity index (χ1v) is 15.2. The van der Waals surface area contributed by atoms with Gasteiger partial charge in [-0.15, -0.1) is 0 Å². The summed E-state index contributed by atoms with van der Waals surface area (Å²) >= 11 is 0. The molecule has 6 rings (SSSR count). The number of aliphatic imine (C=N–C) groups is 1. The van der Waals surface area contributed by atoms with Gasteiger partial charge in [0.25, 0.3) is 10.1 Å². The lowest BCUT2D eigenvalue weighted by molar-refractivity contribution is 0.111. The largest absolute Gasteiger partial charge is 0.493 e. The Morgan fingerprint density at radius 2 is 1.86 bits per heavy atom. The number of aryl methyl sites for hydroxylation is 1. The Bertz CT molecular complexity index is 1650. The summed E-state index contributed by atoms with van der Waals surface area (Å²) in [6.07, 6.45) is 9.26. The van der Waals surface area contributed by atoms with Crippen LogP contribution in [0.25, 0.3) is 5.82 Å². The number of hydrogen-bond donors (Lipinski definition) is 2. The summed E-state index contributed by atoms with van der Waals surface area (Å²) < 4.78 is 42.9. The molecule has 1 saturated carbocycles. The minimum absolute atomic E-state index is 0.0666. The first-order valence-electron chi connectivity index (χ1n) is 13.8. The maximum Gasteiger partial charge on any atom is 0.294 e. The van der Waals surface area contributed by atoms with Crippen molar-refractivity contribution in [1.82, 2.24) is 14.5 Å². The molecule has 0 amide bonds. The number of aliphatic hydroxyl groups excluding tert-OH is 1. The summed E-state index contributed by atoms with van der Waals surface area (Å²) in [5, 5.41) is 10.3. The third-order valence-electron chi connectivity index (χ3n) is 7.48. The van der Waals surface area contributed by atoms with Crippen molar-refractivity contribution in [2.45, 2.75) is 56.1 Å². The Hall–Kier alpha value is -4.06. The summed E-state index contributed by atoms with van der Waals surface area (Å²) in [5.74, 6) is 2.40. The second kappa shape index (κ2) is 12.4. The van der Waals surface area contributed by atoms with E-state index in [4.69, 9.17) is 19.0 Å². The lowest BCUT2D eigenvalue weighted by Crippen LogP contribution is -2.34. The lowest BCUT2D eigenvalue weighted by atomic mass is 9.74. The monoisotopic (exact) mass is 590 g/mol. The number of imidazole rings is 1. The molecule has 3 heterocycles. The molecule has 2 N–H and O–H groups in total. The van der Waals surface area contributed by atoms with E-state index in [1.807, 2.05) is 49.0 Å². The van der Waals surface area contributed by atoms with E-state index in [-0.39, 0.29) is 23.0 Å². The van der Waals surface area contributed by atoms with Crippen molar-refractivity contribution in [2.75, 3.05) is 13.7 Å². The highest BCUT2D eigenvalue weighted by Crippen LogP contribution is 2.45. The zero-order chi connectivity index (χ0) is 29.9. The van der Waals surface area contributed by atoms with Gasteiger partial charge in [0, 0.05) is 35.6 Å². The van der Waals surface area contributed by atoms with Crippen LogP contribution in [0.1, 0.15) is 54.4 Å². The number of hydrogen-bond acceptors (Lipinski definition) is 8. The smallest absolute Gasteiger partial charge is 0.294 e. The molecule has 4 aromatic rings. The van der Waals surface area contributed by atoms with Crippen LogP contribution in [-0.2, 0) is 10.1 Å². The lowest BCUT2D eigenvalue weighted by Gasteiger charge is -2.37. The summed E-state index contributed by atoms with van der Waals surface area (Å²) in [6, 6.07) is 14.2. The summed E-state index contributed by atoms with van der Waals surface area (Å²) in [4.78, 5) is 13.8. The van der Waals surface area contributed by atoms with Crippen LogP contribution in [0.5, 0.6) is 11.5 Å². The van der Waals surface area contributed by atoms with Gasteiger partial charge >= 0.3 is 0 Å². The second-order valence-corrected chi connectivity index (χ2v) is 11.7. The summed E-state index contributed by atoms with van der Waals surface area (Å²) in [5.41, 5.74) is 5.02. The van der Waals surface area contributed by atoms with Crippen molar-refractivity contribution in [1.29, 1.82) is 0 Å². The molecule has 0 unspecified atom stereocenters. The van der Waals surface area contributed by atoms with E-state index in [0.29, 0.717) is 18.8 Å². The Kier molecular flexibility index (Phi) is 8.72. The second-order valence-electron chi connectivity index (χ2n) is 10.3. The fourth-order valence-corrected chi connectivity index (χ4v) is 5.87. The number of fused-ring (bicyclic) bond motifs is 3. The molecule has 1 aliphatic carbocycles. The van der Waals surface area contributed by atoms with E-state index in [9.17, 15) is 13.5 Å². The van der Waals surface area contributed by atoms with Crippen molar-refractivity contribution >= 4 is 15.8 Å². The Morgan fingerprint density at radius 3 is 2.48 bits per heavy atom. The highest BCUT2D eigenvalue weighted by atomic mass is 32.2. The van der Waals surface area contributed by atoms with Gasteiger partial charge in [-0.3, -0.25) is 14.1 Å². The highest BCUT2D eigenvalue weighted by molar-refractivity contribution is 7.85. The first kappa shape index (κ1) is 29.4. The maximum atomic E-state index is 10.5. The van der Waals surface area contributed by atoms with Gasteiger partial charge in [0.1, 0.15) is 12.1 Å². The first-order chi connectivity index (χ1) is 20.2. The van der Waals surface area contributed by atoms with Gasteiger partial charge in [0.05, 0.1) is 36.5 Å². The van der Waals surface area contributed by atoms with E-state index < -0.39 is 10.1 Å². The van der Waals surface area contributed by atoms with Crippen LogP contribution in [-0.4, -0.2) is 64.2 Å². The number of rotatable bonds is 6. The van der Waals surface area contributed by atoms with Crippen LogP contribution in [0.3, 0.4) is 0 Å². The van der Waals surface area contributed by atoms with Crippen LogP contribution >= 0.6 is 0 Å². The molecule has 220 valence electrons. The fourth-order valence-electron chi connectivity index (χ4n) is 5.39. The Labute approximate surface area is 245 Å². The number of pyridine rings is 1. The average molecular weight is 591 g/mol. The number of aromatic nitrogens is 3. The van der Waals surface area contributed by atoms with Crippen LogP contribution in [0, 0.1) is 6.92 Å². The van der Waals surface area contributed by atoms with E-state index >= 15 is 0 Å². The van der Waals surface area contributed by atoms with Gasteiger partial charge in [-0.05, 0) is 75.1 Å². The summed E-state index contributed by atoms with van der Waals surface area (Å²) in [6.45, 7) is 4.37. The SMILES string of the molecule is CCOc1cc2c(cc1OC)C(c1ccc(-n3ccnc3)nc1)=N[C@@H]1CC[C@@H](O)C[C@H]21.Cc1ccc(S(=O)(=O)O)cc1. The minimum atomic E-state index is -4.02. The Balaban J connectivity index is 0.000000271. The van der Waals surface area contributed by atoms with E-state index in [2.05, 4.69) is 16.0 Å². The molecule has 0 radical (unpaired) electrons. The van der Waals surface area contributed by atoms with Gasteiger partial charge in [-0.2, -0.15) is 8.42 Å². The molecule has 0 bridgehead atoms. The van der Waals surface area contributed by atoms with Gasteiger partial charge in [0.2, 0.25) is 0 Å². The number of benzene rings is 2. The van der Waals surface area contributed by atoms with Gasteiger partial charge in [-0.1, -0.05) is 17.7 Å². The normalized spacial score (nSPS) is 19.5. The third kappa shape index (κ3) is 6.38. The molecular weight excluding hydrogens is 556 g/mol. The maximum absolute atomic E-state index is 10.5. The predicted octanol–water partition coefficient (Wildman–Crippen LogP) is 4.76. The molecule has 42 heavy (non-hydrogen) atoms. The molecule has 2 aliphatic rings. The molecular formula is C31H34N4O6S. The molecule has 3 atom stereocenters. The van der Waals surface area contributed by atoms with Crippen molar-refractivity contribution in [3.8, 4) is 17.3 Å². The Morgan fingerprint density at radius 1 is 1.07 bits per heavy atom. The number of aliphatic hydroxyl groups is 1. The molecule has 11 heteroatoms. The van der Waals surface area contributed by atoms with Gasteiger partial charge in [-0.25, -0.2) is 9.97 Å².